The average molecular weight is 446 g/mol. The van der Waals surface area contributed by atoms with E-state index >= 15 is 0 Å². The Bertz CT molecular complexity index is 941. The maximum absolute atomic E-state index is 11.7. The molecule has 0 aliphatic carbocycles. The Kier molecular flexibility index (Phi) is 6.76. The third-order valence-electron chi connectivity index (χ3n) is 3.31. The first-order valence-corrected chi connectivity index (χ1v) is 10.3. The monoisotopic (exact) mass is 446 g/mol. The van der Waals surface area contributed by atoms with Gasteiger partial charge in [-0.25, -0.2) is 13.9 Å². The zero-order chi connectivity index (χ0) is 21.3. The molecule has 1 aliphatic heterocycles. The molecule has 2 rings (SSSR count). The van der Waals surface area contributed by atoms with Crippen molar-refractivity contribution < 1.29 is 52.0 Å². The molecule has 0 amide bonds. The first kappa shape index (κ1) is 22.6. The number of H-pyrrole nitrogens is 1. The highest BCUT2D eigenvalue weighted by Crippen LogP contribution is 2.60. The second-order valence-electron chi connectivity index (χ2n) is 5.46. The number of aromatic amines is 1. The topological polar surface area (TPSA) is 224 Å². The number of ether oxygens (including phenoxy) is 1. The molecule has 5 N–H and O–H groups in total. The number of carbonyl (C=O) groups excluding carboxylic acids is 1. The molecule has 1 aromatic rings. The lowest BCUT2D eigenvalue weighted by Crippen LogP contribution is -2.37. The molecule has 1 aliphatic rings. The summed E-state index contributed by atoms with van der Waals surface area (Å²) in [4.78, 5) is 53.9. The summed E-state index contributed by atoms with van der Waals surface area (Å²) >= 11 is 0. The van der Waals surface area contributed by atoms with Crippen molar-refractivity contribution in [2.24, 2.45) is 0 Å². The third-order valence-corrected chi connectivity index (χ3v) is 5.93. The lowest BCUT2D eigenvalue weighted by molar-refractivity contribution is -0.133. The number of nitrogens with one attached hydrogen (secondary N) is 1. The van der Waals surface area contributed by atoms with Crippen LogP contribution in [-0.2, 0) is 32.0 Å². The Labute approximate surface area is 155 Å². The molecule has 2 heterocycles. The van der Waals surface area contributed by atoms with Crippen molar-refractivity contribution in [1.29, 1.82) is 0 Å². The molecule has 6 atom stereocenters. The van der Waals surface area contributed by atoms with Gasteiger partial charge in [0.2, 0.25) is 0 Å². The van der Waals surface area contributed by atoms with E-state index in [4.69, 9.17) is 9.63 Å². The van der Waals surface area contributed by atoms with E-state index < -0.39 is 64.0 Å². The highest BCUT2D eigenvalue weighted by molar-refractivity contribution is 7.61. The normalized spacial score (nSPS) is 29.0. The van der Waals surface area contributed by atoms with Gasteiger partial charge >= 0.3 is 27.3 Å². The predicted octanol–water partition coefficient (Wildman–Crippen LogP) is -2.05. The van der Waals surface area contributed by atoms with E-state index in [1.165, 1.54) is 0 Å². The molecule has 15 nitrogen and oxygen atoms in total. The van der Waals surface area contributed by atoms with Crippen LogP contribution in [0.4, 0.5) is 0 Å². The number of hydrogen-bond acceptors (Lipinski definition) is 11. The fourth-order valence-corrected chi connectivity index (χ4v) is 4.25. The summed E-state index contributed by atoms with van der Waals surface area (Å²) in [7, 11) is -10.5. The predicted molar refractivity (Wildman–Crippen MR) is 85.7 cm³/mol. The molecule has 1 fully saturated rings. The van der Waals surface area contributed by atoms with Crippen LogP contribution >= 0.6 is 15.6 Å². The number of rotatable bonds is 7. The molecule has 3 unspecified atom stereocenters. The zero-order valence-corrected chi connectivity index (χ0v) is 15.8. The van der Waals surface area contributed by atoms with Gasteiger partial charge in [-0.3, -0.25) is 28.6 Å². The number of aromatic nitrogens is 2. The number of phosphoric acid groups is 2. The van der Waals surface area contributed by atoms with Gasteiger partial charge in [0, 0.05) is 19.2 Å². The Morgan fingerprint density at radius 3 is 2.46 bits per heavy atom. The van der Waals surface area contributed by atoms with Crippen LogP contribution in [0.5, 0.6) is 0 Å². The summed E-state index contributed by atoms with van der Waals surface area (Å²) < 4.78 is 41.1. The van der Waals surface area contributed by atoms with Crippen LogP contribution in [0.15, 0.2) is 21.9 Å². The van der Waals surface area contributed by atoms with Crippen molar-refractivity contribution in [3.63, 3.8) is 0 Å². The molecule has 28 heavy (non-hydrogen) atoms. The highest BCUT2D eigenvalue weighted by atomic mass is 31.3. The highest BCUT2D eigenvalue weighted by Gasteiger charge is 2.46. The van der Waals surface area contributed by atoms with Gasteiger partial charge in [-0.15, -0.1) is 0 Å². The van der Waals surface area contributed by atoms with Gasteiger partial charge in [-0.2, -0.15) is 4.31 Å². The molecule has 17 heteroatoms. The Hall–Kier alpha value is -1.67. The van der Waals surface area contributed by atoms with Gasteiger partial charge in [-0.05, 0) is 0 Å². The van der Waals surface area contributed by atoms with Gasteiger partial charge in [0.05, 0.1) is 6.61 Å². The van der Waals surface area contributed by atoms with Crippen molar-refractivity contribution in [2.75, 3.05) is 6.61 Å². The largest absolute Gasteiger partial charge is 0.538 e. The Morgan fingerprint density at radius 2 is 1.89 bits per heavy atom. The molecule has 1 aromatic heterocycles. The van der Waals surface area contributed by atoms with E-state index in [9.17, 15) is 38.6 Å². The van der Waals surface area contributed by atoms with E-state index in [1.807, 2.05) is 4.98 Å². The smallest absolute Gasteiger partial charge is 0.387 e. The van der Waals surface area contributed by atoms with Gasteiger partial charge in [0.25, 0.3) is 5.56 Å². The molecule has 158 valence electrons. The van der Waals surface area contributed by atoms with Crippen LogP contribution in [0.1, 0.15) is 13.2 Å². The molecule has 0 saturated carbocycles. The number of carbonyl (C=O) groups is 1. The molecule has 0 radical (unpaired) electrons. The van der Waals surface area contributed by atoms with E-state index in [-0.39, 0.29) is 0 Å². The van der Waals surface area contributed by atoms with E-state index in [0.717, 1.165) is 23.8 Å². The quantitative estimate of drug-likeness (QED) is 0.285. The summed E-state index contributed by atoms with van der Waals surface area (Å²) in [6.45, 7) is -0.181. The molecule has 0 bridgehead atoms. The number of nitrogens with zero attached hydrogens (tertiary/aromatic N) is 1. The minimum atomic E-state index is -5.26. The van der Waals surface area contributed by atoms with Crippen molar-refractivity contribution in [2.45, 2.75) is 31.5 Å². The summed E-state index contributed by atoms with van der Waals surface area (Å²) in [5.41, 5.74) is -1.67. The van der Waals surface area contributed by atoms with Crippen LogP contribution in [0.3, 0.4) is 0 Å². The molecular weight excluding hydrogens is 430 g/mol. The maximum atomic E-state index is 11.7. The van der Waals surface area contributed by atoms with Crippen LogP contribution in [0.25, 0.3) is 0 Å². The summed E-state index contributed by atoms with van der Waals surface area (Å²) in [5.74, 6) is -1.27. The average Bonchev–Trinajstić information content (AvgIpc) is 2.79. The Morgan fingerprint density at radius 1 is 1.25 bits per heavy atom. The summed E-state index contributed by atoms with van der Waals surface area (Å²) in [6, 6.07) is 0.956. The van der Waals surface area contributed by atoms with E-state index in [0.29, 0.717) is 0 Å². The Balaban J connectivity index is 2.05. The molecule has 1 saturated heterocycles. The number of aliphatic hydroxyl groups is 2. The first-order chi connectivity index (χ1) is 12.8. The number of hydrogen-bond donors (Lipinski definition) is 5. The summed E-state index contributed by atoms with van der Waals surface area (Å²) in [5, 5.41) is 20.0. The first-order valence-electron chi connectivity index (χ1n) is 7.36. The van der Waals surface area contributed by atoms with Crippen LogP contribution < -0.4 is 11.2 Å². The van der Waals surface area contributed by atoms with Crippen molar-refractivity contribution in [3.05, 3.63) is 33.1 Å². The number of phosphoric ester groups is 2. The minimum Gasteiger partial charge on any atom is -0.387 e. The second-order valence-corrected chi connectivity index (χ2v) is 8.43. The van der Waals surface area contributed by atoms with E-state index in [1.54, 1.807) is 0 Å². The number of aliphatic hydroxyl groups excluding tert-OH is 2. The van der Waals surface area contributed by atoms with Gasteiger partial charge in [-0.1, -0.05) is 0 Å². The van der Waals surface area contributed by atoms with Crippen molar-refractivity contribution in [3.8, 4) is 0 Å². The van der Waals surface area contributed by atoms with Gasteiger partial charge in [0.15, 0.2) is 6.23 Å². The zero-order valence-electron chi connectivity index (χ0n) is 14.0. The lowest BCUT2D eigenvalue weighted by Gasteiger charge is -2.18. The lowest BCUT2D eigenvalue weighted by atomic mass is 10.1. The minimum absolute atomic E-state index is 0.714. The SMILES string of the molecule is CC(=O)OP(=O)(O)OP(=O)(O)OC[C@H]1O[C@@H](n2ccc(=O)[nH]c2=O)[C@@H](O)C1O. The molecular formula is C11H16N2O13P2. The van der Waals surface area contributed by atoms with Gasteiger partial charge in [0.1, 0.15) is 18.3 Å². The van der Waals surface area contributed by atoms with Crippen LogP contribution in [0.2, 0.25) is 0 Å². The molecule has 0 spiro atoms. The fourth-order valence-electron chi connectivity index (χ4n) is 2.23. The summed E-state index contributed by atoms with van der Waals surface area (Å²) in [6.07, 6.45) is -5.36. The third kappa shape index (κ3) is 5.67. The standard InChI is InChI=1S/C11H16N2O13P2/c1-5(14)25-28(21,22)26-27(19,20)23-4-6-8(16)9(17)10(24-6)13-3-2-7(15)12-11(13)18/h2-3,6,8-10,16-17H,4H2,1H3,(H,19,20)(H,21,22)(H,12,15,18)/t6-,8?,9+,10-/m1/s1. The van der Waals surface area contributed by atoms with Crippen molar-refractivity contribution in [1.82, 2.24) is 9.55 Å². The van der Waals surface area contributed by atoms with Crippen molar-refractivity contribution >= 4 is 21.6 Å². The fraction of sp³-hybridized carbons (Fsp3) is 0.545. The maximum Gasteiger partial charge on any atom is 0.538 e. The molecule has 0 aromatic carbocycles. The van der Waals surface area contributed by atoms with Crippen LogP contribution in [0, 0.1) is 0 Å². The van der Waals surface area contributed by atoms with Gasteiger partial charge < -0.3 is 24.4 Å². The second kappa shape index (κ2) is 8.37. The van der Waals surface area contributed by atoms with E-state index in [2.05, 4.69) is 13.4 Å². The van der Waals surface area contributed by atoms with Crippen LogP contribution in [-0.4, -0.2) is 60.4 Å².